The molecule has 0 spiro atoms. The fourth-order valence-corrected chi connectivity index (χ4v) is 4.98. The molecule has 6 nitrogen and oxygen atoms in total. The largest absolute Gasteiger partial charge is 0.388 e. The number of amides is 1. The van der Waals surface area contributed by atoms with Crippen LogP contribution in [0.25, 0.3) is 21.0 Å². The zero-order chi connectivity index (χ0) is 21.2. The maximum Gasteiger partial charge on any atom is 0.248 e. The Bertz CT molecular complexity index is 1050. The number of anilines is 1. The van der Waals surface area contributed by atoms with Crippen LogP contribution in [0.4, 0.5) is 5.69 Å². The molecule has 3 aromatic rings. The molecule has 0 radical (unpaired) electrons. The van der Waals surface area contributed by atoms with E-state index in [1.54, 1.807) is 24.4 Å². The van der Waals surface area contributed by atoms with Crippen LogP contribution in [0.3, 0.4) is 0 Å². The van der Waals surface area contributed by atoms with Crippen molar-refractivity contribution in [1.82, 2.24) is 9.71 Å². The van der Waals surface area contributed by atoms with Gasteiger partial charge in [-0.3, -0.25) is 4.79 Å². The third-order valence-electron chi connectivity index (χ3n) is 4.06. The number of rotatable bonds is 6. The zero-order valence-electron chi connectivity index (χ0n) is 16.8. The molecule has 2 aromatic carbocycles. The molecule has 1 atom stereocenters. The fourth-order valence-electron chi connectivity index (χ4n) is 2.68. The van der Waals surface area contributed by atoms with E-state index in [2.05, 4.69) is 15.0 Å². The standard InChI is InChI=1S/C21H24N4O2S2/c1-21(2,3)25-29(27)18-11-14(19(22)26)7-10-16(18)17-12-24-20(28-17)13-5-8-15(23-4)9-6-13/h5-12,23,25H,1-4H3,(H2,22,26). The second-order valence-electron chi connectivity index (χ2n) is 7.55. The van der Waals surface area contributed by atoms with E-state index < -0.39 is 16.9 Å². The number of primary amides is 1. The summed E-state index contributed by atoms with van der Waals surface area (Å²) >= 11 is 1.51. The van der Waals surface area contributed by atoms with E-state index in [9.17, 15) is 9.00 Å². The number of nitrogens with two attached hydrogens (primary N) is 1. The number of carbonyl (C=O) groups is 1. The minimum absolute atomic E-state index is 0.320. The van der Waals surface area contributed by atoms with Crippen LogP contribution in [0, 0.1) is 0 Å². The van der Waals surface area contributed by atoms with Crippen molar-refractivity contribution < 1.29 is 9.00 Å². The molecule has 0 bridgehead atoms. The van der Waals surface area contributed by atoms with Crippen molar-refractivity contribution >= 4 is 33.9 Å². The van der Waals surface area contributed by atoms with Crippen molar-refractivity contribution in [2.75, 3.05) is 12.4 Å². The molecule has 0 saturated carbocycles. The molecule has 0 aliphatic carbocycles. The third-order valence-corrected chi connectivity index (χ3v) is 6.67. The first kappa shape index (κ1) is 21.2. The fraction of sp³-hybridized carbons (Fsp3) is 0.238. The Morgan fingerprint density at radius 3 is 2.41 bits per heavy atom. The van der Waals surface area contributed by atoms with Gasteiger partial charge in [0.2, 0.25) is 5.91 Å². The predicted molar refractivity (Wildman–Crippen MR) is 120 cm³/mol. The van der Waals surface area contributed by atoms with Gasteiger partial charge >= 0.3 is 0 Å². The average Bonchev–Trinajstić information content (AvgIpc) is 3.16. The van der Waals surface area contributed by atoms with Gasteiger partial charge in [0.15, 0.2) is 0 Å². The van der Waals surface area contributed by atoms with Crippen LogP contribution in [-0.4, -0.2) is 27.7 Å². The van der Waals surface area contributed by atoms with Gasteiger partial charge in [-0.25, -0.2) is 13.9 Å². The number of benzene rings is 2. The van der Waals surface area contributed by atoms with E-state index in [1.807, 2.05) is 52.1 Å². The van der Waals surface area contributed by atoms with Gasteiger partial charge in [-0.05, 0) is 57.2 Å². The lowest BCUT2D eigenvalue weighted by Crippen LogP contribution is -2.37. The first-order chi connectivity index (χ1) is 13.7. The van der Waals surface area contributed by atoms with E-state index in [1.165, 1.54) is 11.3 Å². The molecule has 0 fully saturated rings. The highest BCUT2D eigenvalue weighted by molar-refractivity contribution is 7.83. The normalized spacial score (nSPS) is 12.6. The lowest BCUT2D eigenvalue weighted by atomic mass is 10.1. The monoisotopic (exact) mass is 428 g/mol. The Morgan fingerprint density at radius 1 is 1.14 bits per heavy atom. The van der Waals surface area contributed by atoms with Crippen molar-refractivity contribution in [3.63, 3.8) is 0 Å². The maximum atomic E-state index is 13.0. The molecule has 1 aromatic heterocycles. The summed E-state index contributed by atoms with van der Waals surface area (Å²) in [6.07, 6.45) is 1.77. The molecule has 152 valence electrons. The van der Waals surface area contributed by atoms with Gasteiger partial charge in [-0.15, -0.1) is 11.3 Å². The molecule has 0 aliphatic heterocycles. The Hall–Kier alpha value is -2.55. The van der Waals surface area contributed by atoms with Gasteiger partial charge in [0, 0.05) is 41.2 Å². The molecular weight excluding hydrogens is 404 g/mol. The summed E-state index contributed by atoms with van der Waals surface area (Å²) < 4.78 is 16.1. The van der Waals surface area contributed by atoms with Crippen molar-refractivity contribution in [3.05, 3.63) is 54.2 Å². The molecule has 8 heteroatoms. The lowest BCUT2D eigenvalue weighted by molar-refractivity contribution is 0.1000. The first-order valence-corrected chi connectivity index (χ1v) is 11.0. The highest BCUT2D eigenvalue weighted by Gasteiger charge is 2.20. The molecule has 0 saturated heterocycles. The van der Waals surface area contributed by atoms with E-state index in [0.717, 1.165) is 26.7 Å². The minimum Gasteiger partial charge on any atom is -0.388 e. The summed E-state index contributed by atoms with van der Waals surface area (Å²) in [5, 5.41) is 3.96. The van der Waals surface area contributed by atoms with Gasteiger partial charge in [0.05, 0.1) is 9.77 Å². The number of carbonyl (C=O) groups excluding carboxylic acids is 1. The second kappa shape index (κ2) is 8.44. The van der Waals surface area contributed by atoms with E-state index in [4.69, 9.17) is 5.73 Å². The summed E-state index contributed by atoms with van der Waals surface area (Å²) in [6.45, 7) is 5.80. The van der Waals surface area contributed by atoms with Crippen LogP contribution in [-0.2, 0) is 11.0 Å². The minimum atomic E-state index is -1.52. The molecular formula is C21H24N4O2S2. The van der Waals surface area contributed by atoms with Crippen LogP contribution < -0.4 is 15.8 Å². The molecule has 4 N–H and O–H groups in total. The summed E-state index contributed by atoms with van der Waals surface area (Å²) in [4.78, 5) is 17.6. The summed E-state index contributed by atoms with van der Waals surface area (Å²) in [7, 11) is 0.356. The van der Waals surface area contributed by atoms with E-state index in [-0.39, 0.29) is 5.54 Å². The van der Waals surface area contributed by atoms with Crippen LogP contribution in [0.2, 0.25) is 0 Å². The number of hydrogen-bond donors (Lipinski definition) is 3. The zero-order valence-corrected chi connectivity index (χ0v) is 18.4. The molecule has 1 unspecified atom stereocenters. The summed E-state index contributed by atoms with van der Waals surface area (Å²) in [6, 6.07) is 13.0. The van der Waals surface area contributed by atoms with Crippen LogP contribution in [0.1, 0.15) is 31.1 Å². The quantitative estimate of drug-likeness (QED) is 0.552. The van der Waals surface area contributed by atoms with Gasteiger partial charge < -0.3 is 11.1 Å². The molecule has 0 aliphatic rings. The van der Waals surface area contributed by atoms with Crippen molar-refractivity contribution in [1.29, 1.82) is 0 Å². The van der Waals surface area contributed by atoms with Gasteiger partial charge in [0.25, 0.3) is 0 Å². The number of nitrogens with zero attached hydrogens (tertiary/aromatic N) is 1. The van der Waals surface area contributed by atoms with E-state index >= 15 is 0 Å². The SMILES string of the molecule is CNc1ccc(-c2ncc(-c3ccc(C(N)=O)cc3S(=O)NC(C)(C)C)s2)cc1. The number of hydrogen-bond acceptors (Lipinski definition) is 5. The van der Waals surface area contributed by atoms with Gasteiger partial charge in [-0.1, -0.05) is 6.07 Å². The number of thiazole rings is 1. The Morgan fingerprint density at radius 2 is 1.83 bits per heavy atom. The summed E-state index contributed by atoms with van der Waals surface area (Å²) in [5.41, 5.74) is 8.18. The molecule has 1 heterocycles. The van der Waals surface area contributed by atoms with Crippen LogP contribution in [0.5, 0.6) is 0 Å². The Kier molecular flexibility index (Phi) is 6.16. The highest BCUT2D eigenvalue weighted by Crippen LogP contribution is 2.35. The molecule has 29 heavy (non-hydrogen) atoms. The lowest BCUT2D eigenvalue weighted by Gasteiger charge is -2.20. The van der Waals surface area contributed by atoms with Crippen molar-refractivity contribution in [2.45, 2.75) is 31.2 Å². The first-order valence-electron chi connectivity index (χ1n) is 9.06. The molecule has 3 rings (SSSR count). The number of aromatic nitrogens is 1. The highest BCUT2D eigenvalue weighted by atomic mass is 32.2. The van der Waals surface area contributed by atoms with Gasteiger partial charge in [-0.2, -0.15) is 0 Å². The molecule has 1 amide bonds. The van der Waals surface area contributed by atoms with Gasteiger partial charge in [0.1, 0.15) is 16.0 Å². The Labute approximate surface area is 177 Å². The topological polar surface area (TPSA) is 97.1 Å². The van der Waals surface area contributed by atoms with E-state index in [0.29, 0.717) is 10.5 Å². The summed E-state index contributed by atoms with van der Waals surface area (Å²) in [5.74, 6) is -0.555. The van der Waals surface area contributed by atoms with Crippen LogP contribution in [0.15, 0.2) is 53.6 Å². The third kappa shape index (κ3) is 5.09. The predicted octanol–water partition coefficient (Wildman–Crippen LogP) is 4.03. The van der Waals surface area contributed by atoms with Crippen LogP contribution >= 0.6 is 11.3 Å². The smallest absolute Gasteiger partial charge is 0.248 e. The number of nitrogens with one attached hydrogen (secondary N) is 2. The maximum absolute atomic E-state index is 13.0. The Balaban J connectivity index is 2.02. The van der Waals surface area contributed by atoms with Crippen molar-refractivity contribution in [2.24, 2.45) is 5.73 Å². The second-order valence-corrected chi connectivity index (χ2v) is 9.77. The van der Waals surface area contributed by atoms with Crippen molar-refractivity contribution in [3.8, 4) is 21.0 Å². The average molecular weight is 429 g/mol.